The van der Waals surface area contributed by atoms with Crippen LogP contribution in [0.2, 0.25) is 0 Å². The second kappa shape index (κ2) is 4.52. The zero-order chi connectivity index (χ0) is 11.6. The summed E-state index contributed by atoms with van der Waals surface area (Å²) < 4.78 is 0. The predicted octanol–water partition coefficient (Wildman–Crippen LogP) is 2.36. The molecule has 3 nitrogen and oxygen atoms in total. The molecule has 1 saturated carbocycles. The third-order valence-electron chi connectivity index (χ3n) is 3.95. The fourth-order valence-corrected chi connectivity index (χ4v) is 2.45. The molecule has 0 aromatic heterocycles. The third kappa shape index (κ3) is 2.33. The normalized spacial score (nSPS) is 32.3. The van der Waals surface area contributed by atoms with Crippen LogP contribution >= 0.6 is 0 Å². The van der Waals surface area contributed by atoms with Gasteiger partial charge in [0.1, 0.15) is 5.54 Å². The maximum Gasteiger partial charge on any atom is 0.324 e. The average Bonchev–Trinajstić information content (AvgIpc) is 2.17. The topological polar surface area (TPSA) is 40.5 Å². The van der Waals surface area contributed by atoms with Crippen molar-refractivity contribution >= 4 is 5.97 Å². The minimum Gasteiger partial charge on any atom is -0.480 e. The largest absolute Gasteiger partial charge is 0.480 e. The summed E-state index contributed by atoms with van der Waals surface area (Å²) in [5.74, 6) is 0.0311. The Morgan fingerprint density at radius 1 is 1.40 bits per heavy atom. The van der Waals surface area contributed by atoms with E-state index >= 15 is 0 Å². The van der Waals surface area contributed by atoms with E-state index in [0.29, 0.717) is 5.92 Å². The number of likely N-dealkylation sites (N-methyl/N-ethyl adjacent to an activating group) is 1. The van der Waals surface area contributed by atoms with Crippen molar-refractivity contribution in [1.82, 2.24) is 4.90 Å². The van der Waals surface area contributed by atoms with E-state index in [0.717, 1.165) is 25.7 Å². The Kier molecular flexibility index (Phi) is 3.77. The lowest BCUT2D eigenvalue weighted by Gasteiger charge is -2.44. The molecule has 15 heavy (non-hydrogen) atoms. The molecule has 0 radical (unpaired) electrons. The van der Waals surface area contributed by atoms with Crippen molar-refractivity contribution in [3.8, 4) is 0 Å². The summed E-state index contributed by atoms with van der Waals surface area (Å²) in [7, 11) is 1.94. The highest BCUT2D eigenvalue weighted by atomic mass is 16.4. The van der Waals surface area contributed by atoms with Crippen molar-refractivity contribution < 1.29 is 9.90 Å². The standard InChI is InChI=1S/C12H23NO2/c1-9(2)13(4)12(11(14)15)7-5-10(3)6-8-12/h9-10H,5-8H2,1-4H3,(H,14,15). The number of aliphatic carboxylic acids is 1. The molecule has 3 heteroatoms. The number of carbonyl (C=O) groups is 1. The van der Waals surface area contributed by atoms with E-state index in [4.69, 9.17) is 0 Å². The quantitative estimate of drug-likeness (QED) is 0.782. The summed E-state index contributed by atoms with van der Waals surface area (Å²) in [5, 5.41) is 9.45. The number of carboxylic acid groups (broad SMARTS) is 1. The first kappa shape index (κ1) is 12.5. The van der Waals surface area contributed by atoms with Gasteiger partial charge in [0.15, 0.2) is 0 Å². The first-order valence-electron chi connectivity index (χ1n) is 5.86. The predicted molar refractivity (Wildman–Crippen MR) is 60.9 cm³/mol. The van der Waals surface area contributed by atoms with E-state index in [9.17, 15) is 9.90 Å². The van der Waals surface area contributed by atoms with Gasteiger partial charge in [-0.05, 0) is 52.5 Å². The van der Waals surface area contributed by atoms with Gasteiger partial charge in [0, 0.05) is 6.04 Å². The highest BCUT2D eigenvalue weighted by molar-refractivity contribution is 5.79. The van der Waals surface area contributed by atoms with Gasteiger partial charge in [-0.15, -0.1) is 0 Å². The molecule has 1 N–H and O–H groups in total. The molecule has 0 saturated heterocycles. The Morgan fingerprint density at radius 3 is 2.20 bits per heavy atom. The van der Waals surface area contributed by atoms with Crippen LogP contribution in [0.4, 0.5) is 0 Å². The van der Waals surface area contributed by atoms with Gasteiger partial charge in [0.25, 0.3) is 0 Å². The number of rotatable bonds is 3. The Hall–Kier alpha value is -0.570. The molecule has 0 aromatic rings. The van der Waals surface area contributed by atoms with Gasteiger partial charge >= 0.3 is 5.97 Å². The Balaban J connectivity index is 2.85. The fraction of sp³-hybridized carbons (Fsp3) is 0.917. The first-order chi connectivity index (χ1) is 6.90. The molecule has 0 heterocycles. The van der Waals surface area contributed by atoms with Gasteiger partial charge in [0.05, 0.1) is 0 Å². The smallest absolute Gasteiger partial charge is 0.324 e. The number of hydrogen-bond donors (Lipinski definition) is 1. The van der Waals surface area contributed by atoms with Gasteiger partial charge < -0.3 is 5.11 Å². The summed E-state index contributed by atoms with van der Waals surface area (Å²) in [6, 6.07) is 0.287. The van der Waals surface area contributed by atoms with Gasteiger partial charge in [-0.2, -0.15) is 0 Å². The lowest BCUT2D eigenvalue weighted by atomic mass is 9.75. The monoisotopic (exact) mass is 213 g/mol. The molecule has 0 aliphatic heterocycles. The molecule has 88 valence electrons. The van der Waals surface area contributed by atoms with Crippen LogP contribution in [0.15, 0.2) is 0 Å². The van der Waals surface area contributed by atoms with Crippen molar-refractivity contribution in [2.45, 2.75) is 58.0 Å². The van der Waals surface area contributed by atoms with Crippen molar-refractivity contribution in [2.24, 2.45) is 5.92 Å². The molecule has 1 rings (SSSR count). The minimum atomic E-state index is -0.648. The molecule has 0 spiro atoms. The van der Waals surface area contributed by atoms with Gasteiger partial charge in [-0.3, -0.25) is 9.69 Å². The SMILES string of the molecule is CC1CCC(C(=O)O)(N(C)C(C)C)CC1. The summed E-state index contributed by atoms with van der Waals surface area (Å²) in [4.78, 5) is 13.5. The van der Waals surface area contributed by atoms with Crippen molar-refractivity contribution in [3.63, 3.8) is 0 Å². The van der Waals surface area contributed by atoms with Crippen LogP contribution in [0.3, 0.4) is 0 Å². The Bertz CT molecular complexity index is 230. The molecule has 0 bridgehead atoms. The molecule has 1 aliphatic rings. The zero-order valence-electron chi connectivity index (χ0n) is 10.3. The molecular weight excluding hydrogens is 190 g/mol. The Morgan fingerprint density at radius 2 is 1.87 bits per heavy atom. The van der Waals surface area contributed by atoms with Crippen LogP contribution in [0.25, 0.3) is 0 Å². The van der Waals surface area contributed by atoms with E-state index in [1.54, 1.807) is 0 Å². The van der Waals surface area contributed by atoms with Gasteiger partial charge in [-0.1, -0.05) is 6.92 Å². The summed E-state index contributed by atoms with van der Waals surface area (Å²) in [6.07, 6.45) is 3.64. The maximum absolute atomic E-state index is 11.5. The van der Waals surface area contributed by atoms with Crippen molar-refractivity contribution in [1.29, 1.82) is 0 Å². The maximum atomic E-state index is 11.5. The number of nitrogens with zero attached hydrogens (tertiary/aromatic N) is 1. The fourth-order valence-electron chi connectivity index (χ4n) is 2.45. The molecule has 0 aromatic carbocycles. The van der Waals surface area contributed by atoms with E-state index in [2.05, 4.69) is 20.8 Å². The second-order valence-corrected chi connectivity index (χ2v) is 5.22. The van der Waals surface area contributed by atoms with Crippen LogP contribution in [-0.4, -0.2) is 34.6 Å². The summed E-state index contributed by atoms with van der Waals surface area (Å²) in [5.41, 5.74) is -0.610. The zero-order valence-corrected chi connectivity index (χ0v) is 10.3. The third-order valence-corrected chi connectivity index (χ3v) is 3.95. The van der Waals surface area contributed by atoms with E-state index in [1.807, 2.05) is 11.9 Å². The molecule has 0 atom stereocenters. The molecular formula is C12H23NO2. The van der Waals surface area contributed by atoms with Crippen LogP contribution in [-0.2, 0) is 4.79 Å². The molecule has 1 aliphatic carbocycles. The minimum absolute atomic E-state index is 0.287. The molecule has 0 unspecified atom stereocenters. The Labute approximate surface area is 92.5 Å². The van der Waals surface area contributed by atoms with Crippen LogP contribution in [0.1, 0.15) is 46.5 Å². The summed E-state index contributed by atoms with van der Waals surface area (Å²) >= 11 is 0. The first-order valence-corrected chi connectivity index (χ1v) is 5.86. The van der Waals surface area contributed by atoms with Crippen molar-refractivity contribution in [3.05, 3.63) is 0 Å². The number of hydrogen-bond acceptors (Lipinski definition) is 2. The highest BCUT2D eigenvalue weighted by Crippen LogP contribution is 2.36. The average molecular weight is 213 g/mol. The van der Waals surface area contributed by atoms with E-state index in [1.165, 1.54) is 0 Å². The number of carboxylic acids is 1. The molecule has 0 amide bonds. The van der Waals surface area contributed by atoms with Crippen LogP contribution < -0.4 is 0 Å². The lowest BCUT2D eigenvalue weighted by Crippen LogP contribution is -2.57. The van der Waals surface area contributed by atoms with E-state index in [-0.39, 0.29) is 6.04 Å². The van der Waals surface area contributed by atoms with Gasteiger partial charge in [0.2, 0.25) is 0 Å². The highest BCUT2D eigenvalue weighted by Gasteiger charge is 2.45. The van der Waals surface area contributed by atoms with Crippen LogP contribution in [0.5, 0.6) is 0 Å². The molecule has 1 fully saturated rings. The van der Waals surface area contributed by atoms with Gasteiger partial charge in [-0.25, -0.2) is 0 Å². The second-order valence-electron chi connectivity index (χ2n) is 5.22. The lowest BCUT2D eigenvalue weighted by molar-refractivity contribution is -0.155. The van der Waals surface area contributed by atoms with E-state index < -0.39 is 11.5 Å². The van der Waals surface area contributed by atoms with Crippen molar-refractivity contribution in [2.75, 3.05) is 7.05 Å². The summed E-state index contributed by atoms with van der Waals surface area (Å²) in [6.45, 7) is 6.33. The van der Waals surface area contributed by atoms with Crippen LogP contribution in [0, 0.1) is 5.92 Å².